The fraction of sp³-hybridized carbons (Fsp3) is 0.500. The predicted octanol–water partition coefficient (Wildman–Crippen LogP) is 1.99. The third-order valence-corrected chi connectivity index (χ3v) is 5.02. The number of rotatable bonds is 3. The molecule has 0 bridgehead atoms. The maximum absolute atomic E-state index is 12.4. The monoisotopic (exact) mass is 349 g/mol. The van der Waals surface area contributed by atoms with Gasteiger partial charge in [-0.2, -0.15) is 5.10 Å². The summed E-state index contributed by atoms with van der Waals surface area (Å²) >= 11 is 3.51. The topological polar surface area (TPSA) is 75.6 Å². The van der Waals surface area contributed by atoms with Gasteiger partial charge in [-0.05, 0) is 35.2 Å². The van der Waals surface area contributed by atoms with Crippen LogP contribution in [0, 0.1) is 0 Å². The lowest BCUT2D eigenvalue weighted by Crippen LogP contribution is -2.40. The normalized spacial score (nSPS) is 21.1. The molecule has 1 aliphatic heterocycles. The fourth-order valence-corrected chi connectivity index (χ4v) is 3.54. The zero-order valence-electron chi connectivity index (χ0n) is 11.5. The third kappa shape index (κ3) is 2.39. The first-order chi connectivity index (χ1) is 10.2. The summed E-state index contributed by atoms with van der Waals surface area (Å²) in [6.07, 6.45) is 7.84. The van der Waals surface area contributed by atoms with Gasteiger partial charge in [0, 0.05) is 37.3 Å². The van der Waals surface area contributed by atoms with E-state index >= 15 is 0 Å². The highest BCUT2D eigenvalue weighted by molar-refractivity contribution is 9.10. The number of fused-ring (bicyclic) bond motifs is 1. The minimum Gasteiger partial charge on any atom is -0.347 e. The Hall–Kier alpha value is -1.63. The molecule has 2 aliphatic rings. The first-order valence-corrected chi connectivity index (χ1v) is 8.06. The van der Waals surface area contributed by atoms with Crippen LogP contribution in [0.5, 0.6) is 0 Å². The van der Waals surface area contributed by atoms with Gasteiger partial charge >= 0.3 is 0 Å². The molecule has 1 aliphatic carbocycles. The number of aromatic nitrogens is 4. The zero-order chi connectivity index (χ0) is 14.4. The van der Waals surface area contributed by atoms with Gasteiger partial charge in [-0.3, -0.25) is 9.89 Å². The van der Waals surface area contributed by atoms with Crippen molar-refractivity contribution in [1.29, 1.82) is 0 Å². The molecule has 0 aromatic carbocycles. The molecule has 0 saturated heterocycles. The van der Waals surface area contributed by atoms with E-state index in [0.29, 0.717) is 11.6 Å². The highest BCUT2D eigenvalue weighted by atomic mass is 79.9. The Bertz CT molecular complexity index is 687. The number of nitrogens with zero attached hydrogens (tertiary/aromatic N) is 3. The number of hydrogen-bond donors (Lipinski definition) is 2. The zero-order valence-corrected chi connectivity index (χ0v) is 13.1. The molecule has 1 fully saturated rings. The van der Waals surface area contributed by atoms with Gasteiger partial charge in [0.2, 0.25) is 0 Å². The molecule has 110 valence electrons. The number of aromatic amines is 1. The summed E-state index contributed by atoms with van der Waals surface area (Å²) in [4.78, 5) is 16.7. The van der Waals surface area contributed by atoms with Crippen molar-refractivity contribution in [3.05, 3.63) is 34.1 Å². The number of carbonyl (C=O) groups excluding carboxylic acids is 1. The number of H-pyrrole nitrogens is 1. The van der Waals surface area contributed by atoms with Crippen LogP contribution in [0.25, 0.3) is 0 Å². The first-order valence-electron chi connectivity index (χ1n) is 7.27. The van der Waals surface area contributed by atoms with Crippen molar-refractivity contribution in [2.24, 2.45) is 0 Å². The fourth-order valence-electron chi connectivity index (χ4n) is 2.86. The minimum atomic E-state index is -0.116. The Morgan fingerprint density at radius 1 is 1.43 bits per heavy atom. The van der Waals surface area contributed by atoms with Crippen LogP contribution in [0.1, 0.15) is 47.2 Å². The molecule has 0 radical (unpaired) electrons. The molecule has 3 heterocycles. The number of nitrogens with one attached hydrogen (secondary N) is 2. The minimum absolute atomic E-state index is 0.116. The van der Waals surface area contributed by atoms with Crippen LogP contribution in [0.4, 0.5) is 0 Å². The highest BCUT2D eigenvalue weighted by Crippen LogP contribution is 2.42. The Labute approximate surface area is 130 Å². The van der Waals surface area contributed by atoms with E-state index in [1.165, 1.54) is 12.8 Å². The second-order valence-electron chi connectivity index (χ2n) is 5.77. The Kier molecular flexibility index (Phi) is 3.10. The summed E-state index contributed by atoms with van der Waals surface area (Å²) in [5.74, 6) is 1.46. The largest absolute Gasteiger partial charge is 0.347 e. The van der Waals surface area contributed by atoms with Crippen LogP contribution in [0.3, 0.4) is 0 Å². The summed E-state index contributed by atoms with van der Waals surface area (Å²) in [7, 11) is 0. The van der Waals surface area contributed by atoms with E-state index in [9.17, 15) is 4.79 Å². The van der Waals surface area contributed by atoms with Crippen molar-refractivity contribution >= 4 is 21.8 Å². The van der Waals surface area contributed by atoms with Crippen LogP contribution < -0.4 is 5.32 Å². The van der Waals surface area contributed by atoms with Gasteiger partial charge in [0.05, 0.1) is 10.2 Å². The maximum atomic E-state index is 12.4. The summed E-state index contributed by atoms with van der Waals surface area (Å²) < 4.78 is 2.96. The molecule has 0 spiro atoms. The molecule has 2 aromatic rings. The van der Waals surface area contributed by atoms with Crippen molar-refractivity contribution in [2.45, 2.75) is 44.2 Å². The standard InChI is InChI=1S/C14H16BrN5O/c15-11-12(8-1-2-8)18-19-13(11)14(21)17-9-3-5-20-6-4-16-10(20)7-9/h4,6,8-9H,1-3,5,7H2,(H,17,21)(H,18,19). The highest BCUT2D eigenvalue weighted by Gasteiger charge is 2.31. The lowest BCUT2D eigenvalue weighted by Gasteiger charge is -2.23. The molecule has 4 rings (SSSR count). The maximum Gasteiger partial charge on any atom is 0.273 e. The Morgan fingerprint density at radius 2 is 2.29 bits per heavy atom. The average Bonchev–Trinajstić information content (AvgIpc) is 3.07. The van der Waals surface area contributed by atoms with E-state index in [0.717, 1.165) is 35.4 Å². The van der Waals surface area contributed by atoms with Gasteiger partial charge in [0.1, 0.15) is 5.82 Å². The number of hydrogen-bond acceptors (Lipinski definition) is 3. The first kappa shape index (κ1) is 13.1. The van der Waals surface area contributed by atoms with Crippen molar-refractivity contribution < 1.29 is 4.79 Å². The Balaban J connectivity index is 1.46. The van der Waals surface area contributed by atoms with Crippen LogP contribution in [-0.4, -0.2) is 31.7 Å². The van der Waals surface area contributed by atoms with Gasteiger partial charge in [-0.25, -0.2) is 4.98 Å². The van der Waals surface area contributed by atoms with Crippen LogP contribution >= 0.6 is 15.9 Å². The van der Waals surface area contributed by atoms with Crippen LogP contribution in [0.2, 0.25) is 0 Å². The summed E-state index contributed by atoms with van der Waals surface area (Å²) in [5, 5.41) is 10.2. The molecule has 7 heteroatoms. The number of imidazole rings is 1. The second-order valence-corrected chi connectivity index (χ2v) is 6.57. The smallest absolute Gasteiger partial charge is 0.273 e. The average molecular weight is 350 g/mol. The lowest BCUT2D eigenvalue weighted by atomic mass is 10.1. The molecule has 1 unspecified atom stereocenters. The van der Waals surface area contributed by atoms with E-state index < -0.39 is 0 Å². The summed E-state index contributed by atoms with van der Waals surface area (Å²) in [6, 6.07) is 0.125. The van der Waals surface area contributed by atoms with Crippen molar-refractivity contribution in [2.75, 3.05) is 0 Å². The molecule has 2 N–H and O–H groups in total. The predicted molar refractivity (Wildman–Crippen MR) is 80.1 cm³/mol. The van der Waals surface area contributed by atoms with Gasteiger partial charge in [0.15, 0.2) is 5.69 Å². The molecule has 1 saturated carbocycles. The summed E-state index contributed by atoms with van der Waals surface area (Å²) in [6.45, 7) is 0.898. The number of amides is 1. The third-order valence-electron chi connectivity index (χ3n) is 4.22. The van der Waals surface area contributed by atoms with E-state index in [4.69, 9.17) is 0 Å². The van der Waals surface area contributed by atoms with Crippen molar-refractivity contribution in [3.8, 4) is 0 Å². The molecule has 21 heavy (non-hydrogen) atoms. The number of halogens is 1. The van der Waals surface area contributed by atoms with E-state index in [2.05, 4.69) is 41.0 Å². The van der Waals surface area contributed by atoms with Gasteiger partial charge in [0.25, 0.3) is 5.91 Å². The number of carbonyl (C=O) groups is 1. The SMILES string of the molecule is O=C(NC1CCn2ccnc2C1)c1n[nH]c(C2CC2)c1Br. The lowest BCUT2D eigenvalue weighted by molar-refractivity contribution is 0.0924. The van der Waals surface area contributed by atoms with Crippen LogP contribution in [-0.2, 0) is 13.0 Å². The van der Waals surface area contributed by atoms with E-state index in [-0.39, 0.29) is 11.9 Å². The van der Waals surface area contributed by atoms with E-state index in [1.54, 1.807) is 0 Å². The van der Waals surface area contributed by atoms with Crippen molar-refractivity contribution in [3.63, 3.8) is 0 Å². The van der Waals surface area contributed by atoms with Gasteiger partial charge in [-0.1, -0.05) is 0 Å². The van der Waals surface area contributed by atoms with Gasteiger partial charge < -0.3 is 9.88 Å². The molecule has 1 amide bonds. The van der Waals surface area contributed by atoms with Gasteiger partial charge in [-0.15, -0.1) is 0 Å². The van der Waals surface area contributed by atoms with Crippen LogP contribution in [0.15, 0.2) is 16.9 Å². The number of aryl methyl sites for hydroxylation is 1. The van der Waals surface area contributed by atoms with E-state index in [1.807, 2.05) is 12.4 Å². The molecular formula is C14H16BrN5O. The molecule has 1 atom stereocenters. The molecule has 6 nitrogen and oxygen atoms in total. The second kappa shape index (κ2) is 4.98. The Morgan fingerprint density at radius 3 is 3.10 bits per heavy atom. The molecule has 2 aromatic heterocycles. The van der Waals surface area contributed by atoms with Crippen molar-refractivity contribution in [1.82, 2.24) is 25.1 Å². The summed E-state index contributed by atoms with van der Waals surface area (Å²) in [5.41, 5.74) is 1.52. The molecular weight excluding hydrogens is 334 g/mol. The quantitative estimate of drug-likeness (QED) is 0.889.